The van der Waals surface area contributed by atoms with Gasteiger partial charge in [-0.05, 0) is 30.5 Å². The molecule has 0 aliphatic heterocycles. The molecule has 3 nitrogen and oxygen atoms in total. The first-order valence-electron chi connectivity index (χ1n) is 7.41. The Labute approximate surface area is 122 Å². The summed E-state index contributed by atoms with van der Waals surface area (Å²) in [6.07, 6.45) is 3.82. The van der Waals surface area contributed by atoms with E-state index in [2.05, 4.69) is 25.9 Å². The van der Waals surface area contributed by atoms with Crippen LogP contribution in [-0.2, 0) is 5.41 Å². The number of oxime groups is 1. The van der Waals surface area contributed by atoms with Gasteiger partial charge in [0.2, 0.25) is 0 Å². The van der Waals surface area contributed by atoms with Gasteiger partial charge in [-0.15, -0.1) is 0 Å². The molecule has 3 heteroatoms. The molecule has 0 saturated carbocycles. The fourth-order valence-electron chi connectivity index (χ4n) is 2.34. The molecule has 0 heterocycles. The maximum Gasteiger partial charge on any atom is 0.0837 e. The van der Waals surface area contributed by atoms with Crippen LogP contribution in [-0.4, -0.2) is 22.1 Å². The summed E-state index contributed by atoms with van der Waals surface area (Å²) in [7, 11) is 0. The summed E-state index contributed by atoms with van der Waals surface area (Å²) in [6.45, 7) is 8.06. The van der Waals surface area contributed by atoms with Crippen LogP contribution >= 0.6 is 0 Å². The molecule has 0 fully saturated rings. The lowest BCUT2D eigenvalue weighted by Gasteiger charge is -2.31. The predicted octanol–water partition coefficient (Wildman–Crippen LogP) is 4.10. The molecule has 1 atom stereocenters. The smallest absolute Gasteiger partial charge is 0.0837 e. The standard InChI is InChI=1S/C17H27NO2/c1-5-6-7-11-16(19)17(3,4)15-10-8-9-14(12-15)13(2)18-20/h8-10,12,16,19-20H,5-7,11H2,1-4H3/b18-13+. The third kappa shape index (κ3) is 4.07. The molecular weight excluding hydrogens is 250 g/mol. The van der Waals surface area contributed by atoms with Crippen molar-refractivity contribution in [3.8, 4) is 0 Å². The lowest BCUT2D eigenvalue weighted by atomic mass is 9.77. The SMILES string of the molecule is CCCCCC(O)C(C)(C)c1cccc(/C(C)=N/O)c1. The molecule has 0 radical (unpaired) electrons. The van der Waals surface area contributed by atoms with Crippen molar-refractivity contribution < 1.29 is 10.3 Å². The van der Waals surface area contributed by atoms with E-state index in [4.69, 9.17) is 5.21 Å². The lowest BCUT2D eigenvalue weighted by Crippen LogP contribution is -2.33. The van der Waals surface area contributed by atoms with Crippen molar-refractivity contribution in [1.29, 1.82) is 0 Å². The number of hydrogen-bond acceptors (Lipinski definition) is 3. The second-order valence-electron chi connectivity index (χ2n) is 6.00. The molecule has 0 bridgehead atoms. The third-order valence-electron chi connectivity index (χ3n) is 4.09. The Balaban J connectivity index is 2.91. The zero-order valence-electron chi connectivity index (χ0n) is 13.1. The van der Waals surface area contributed by atoms with Gasteiger partial charge in [-0.3, -0.25) is 0 Å². The number of aliphatic hydroxyl groups is 1. The molecule has 0 aliphatic rings. The molecule has 1 aromatic rings. The van der Waals surface area contributed by atoms with Crippen LogP contribution in [0.15, 0.2) is 29.4 Å². The largest absolute Gasteiger partial charge is 0.411 e. The van der Waals surface area contributed by atoms with E-state index < -0.39 is 0 Å². The van der Waals surface area contributed by atoms with Gasteiger partial charge >= 0.3 is 0 Å². The molecule has 0 aliphatic carbocycles. The van der Waals surface area contributed by atoms with Gasteiger partial charge in [0.15, 0.2) is 0 Å². The fourth-order valence-corrected chi connectivity index (χ4v) is 2.34. The fraction of sp³-hybridized carbons (Fsp3) is 0.588. The number of nitrogens with zero attached hydrogens (tertiary/aromatic N) is 1. The maximum absolute atomic E-state index is 10.5. The number of aliphatic hydroxyl groups excluding tert-OH is 1. The summed E-state index contributed by atoms with van der Waals surface area (Å²) in [5, 5.41) is 22.6. The summed E-state index contributed by atoms with van der Waals surface area (Å²) < 4.78 is 0. The quantitative estimate of drug-likeness (QED) is 0.341. The second-order valence-corrected chi connectivity index (χ2v) is 6.00. The van der Waals surface area contributed by atoms with Crippen molar-refractivity contribution in [3.05, 3.63) is 35.4 Å². The number of hydrogen-bond donors (Lipinski definition) is 2. The number of rotatable bonds is 7. The van der Waals surface area contributed by atoms with Crippen molar-refractivity contribution in [1.82, 2.24) is 0 Å². The van der Waals surface area contributed by atoms with Crippen molar-refractivity contribution in [3.63, 3.8) is 0 Å². The molecule has 0 amide bonds. The van der Waals surface area contributed by atoms with Crippen molar-refractivity contribution in [2.45, 2.75) is 64.9 Å². The molecule has 112 valence electrons. The van der Waals surface area contributed by atoms with Gasteiger partial charge < -0.3 is 10.3 Å². The minimum atomic E-state index is -0.365. The van der Waals surface area contributed by atoms with Crippen LogP contribution in [0.3, 0.4) is 0 Å². The Morgan fingerprint density at radius 2 is 2.00 bits per heavy atom. The highest BCUT2D eigenvalue weighted by molar-refractivity contribution is 5.98. The average molecular weight is 277 g/mol. The van der Waals surface area contributed by atoms with Crippen molar-refractivity contribution in [2.24, 2.45) is 5.16 Å². The van der Waals surface area contributed by atoms with Crippen LogP contribution in [0.1, 0.15) is 64.5 Å². The Morgan fingerprint density at radius 3 is 2.60 bits per heavy atom. The van der Waals surface area contributed by atoms with Gasteiger partial charge in [0.1, 0.15) is 0 Å². The van der Waals surface area contributed by atoms with Crippen LogP contribution in [0, 0.1) is 0 Å². The Kier molecular flexibility index (Phi) is 6.21. The Morgan fingerprint density at radius 1 is 1.30 bits per heavy atom. The van der Waals surface area contributed by atoms with E-state index >= 15 is 0 Å². The normalized spacial score (nSPS) is 14.3. The third-order valence-corrected chi connectivity index (χ3v) is 4.09. The molecule has 2 N–H and O–H groups in total. The second kappa shape index (κ2) is 7.44. The minimum absolute atomic E-state index is 0.306. The number of benzene rings is 1. The zero-order valence-corrected chi connectivity index (χ0v) is 13.1. The van der Waals surface area contributed by atoms with Gasteiger partial charge in [0.05, 0.1) is 11.8 Å². The predicted molar refractivity (Wildman–Crippen MR) is 83.6 cm³/mol. The first kappa shape index (κ1) is 16.7. The first-order chi connectivity index (χ1) is 9.43. The van der Waals surface area contributed by atoms with E-state index in [1.54, 1.807) is 6.92 Å². The molecule has 0 saturated heterocycles. The molecular formula is C17H27NO2. The topological polar surface area (TPSA) is 52.8 Å². The average Bonchev–Trinajstić information content (AvgIpc) is 2.46. The van der Waals surface area contributed by atoms with Crippen LogP contribution in [0.25, 0.3) is 0 Å². The summed E-state index contributed by atoms with van der Waals surface area (Å²) in [6, 6.07) is 7.88. The van der Waals surface area contributed by atoms with Crippen molar-refractivity contribution in [2.75, 3.05) is 0 Å². The highest BCUT2D eigenvalue weighted by Crippen LogP contribution is 2.30. The first-order valence-corrected chi connectivity index (χ1v) is 7.41. The van der Waals surface area contributed by atoms with Gasteiger partial charge in [-0.25, -0.2) is 0 Å². The molecule has 1 unspecified atom stereocenters. The molecule has 1 rings (SSSR count). The van der Waals surface area contributed by atoms with Crippen LogP contribution in [0.4, 0.5) is 0 Å². The minimum Gasteiger partial charge on any atom is -0.411 e. The van der Waals surface area contributed by atoms with Crippen LogP contribution in [0.5, 0.6) is 0 Å². The van der Waals surface area contributed by atoms with E-state index in [-0.39, 0.29) is 11.5 Å². The maximum atomic E-state index is 10.5. The molecule has 20 heavy (non-hydrogen) atoms. The Bertz CT molecular complexity index is 452. The van der Waals surface area contributed by atoms with E-state index in [1.165, 1.54) is 0 Å². The summed E-state index contributed by atoms with van der Waals surface area (Å²) in [5.74, 6) is 0. The summed E-state index contributed by atoms with van der Waals surface area (Å²) >= 11 is 0. The summed E-state index contributed by atoms with van der Waals surface area (Å²) in [5.41, 5.74) is 2.24. The number of unbranched alkanes of at least 4 members (excludes halogenated alkanes) is 2. The van der Waals surface area contributed by atoms with Gasteiger partial charge in [0, 0.05) is 5.41 Å². The van der Waals surface area contributed by atoms with Gasteiger partial charge in [-0.1, -0.05) is 63.4 Å². The van der Waals surface area contributed by atoms with Crippen molar-refractivity contribution >= 4 is 5.71 Å². The monoisotopic (exact) mass is 277 g/mol. The van der Waals surface area contributed by atoms with Crippen LogP contribution in [0.2, 0.25) is 0 Å². The Hall–Kier alpha value is -1.35. The molecule has 0 aromatic heterocycles. The van der Waals surface area contributed by atoms with E-state index in [0.717, 1.165) is 36.8 Å². The molecule has 1 aromatic carbocycles. The van der Waals surface area contributed by atoms with Gasteiger partial charge in [0.25, 0.3) is 0 Å². The molecule has 0 spiro atoms. The van der Waals surface area contributed by atoms with Crippen LogP contribution < -0.4 is 0 Å². The van der Waals surface area contributed by atoms with E-state index in [9.17, 15) is 5.11 Å². The van der Waals surface area contributed by atoms with E-state index in [1.807, 2.05) is 24.3 Å². The lowest BCUT2D eigenvalue weighted by molar-refractivity contribution is 0.0886. The highest BCUT2D eigenvalue weighted by atomic mass is 16.4. The zero-order chi connectivity index (χ0) is 15.2. The van der Waals surface area contributed by atoms with Gasteiger partial charge in [-0.2, -0.15) is 0 Å². The van der Waals surface area contributed by atoms with E-state index in [0.29, 0.717) is 5.71 Å². The summed E-state index contributed by atoms with van der Waals surface area (Å²) in [4.78, 5) is 0. The highest BCUT2D eigenvalue weighted by Gasteiger charge is 2.29.